The third-order valence-corrected chi connectivity index (χ3v) is 12.0. The molecule has 12 aromatic rings. The molecule has 0 saturated heterocycles. The fraction of sp³-hybridized carbons (Fsp3) is 0. The van der Waals surface area contributed by atoms with E-state index in [1.165, 1.54) is 16.2 Å². The molecular formula is C58H37N5. The van der Waals surface area contributed by atoms with Gasteiger partial charge < -0.3 is 0 Å². The van der Waals surface area contributed by atoms with Crippen molar-refractivity contribution < 1.29 is 0 Å². The van der Waals surface area contributed by atoms with Gasteiger partial charge in [-0.25, -0.2) is 19.9 Å². The molecule has 294 valence electrons. The normalized spacial score (nSPS) is 11.5. The van der Waals surface area contributed by atoms with Gasteiger partial charge in [-0.1, -0.05) is 206 Å². The largest absolute Gasteiger partial charge is 0.277 e. The SMILES string of the molecule is c1ccc(-c2nc(-c3ccccc3)n3c(-c4ccc(-c5ccc(-c6cc(-c7ccc8ccccc8c7)nc(-c7ccc8ccccc8c7)n6)cc5)cc4)c4ccccc4c3n2)cc1. The van der Waals surface area contributed by atoms with E-state index in [2.05, 4.69) is 205 Å². The first-order valence-electron chi connectivity index (χ1n) is 21.2. The monoisotopic (exact) mass is 803 g/mol. The predicted octanol–water partition coefficient (Wildman–Crippen LogP) is 14.6. The molecule has 0 fully saturated rings. The molecule has 0 amide bonds. The third-order valence-electron chi connectivity index (χ3n) is 12.0. The van der Waals surface area contributed by atoms with E-state index in [0.29, 0.717) is 11.6 Å². The van der Waals surface area contributed by atoms with Crippen molar-refractivity contribution >= 4 is 38.0 Å². The van der Waals surface area contributed by atoms with Gasteiger partial charge in [-0.2, -0.15) is 0 Å². The Morgan fingerprint density at radius 1 is 0.270 bits per heavy atom. The molecule has 5 heteroatoms. The third kappa shape index (κ3) is 6.60. The summed E-state index contributed by atoms with van der Waals surface area (Å²) in [7, 11) is 0. The van der Waals surface area contributed by atoms with Gasteiger partial charge in [0.15, 0.2) is 11.6 Å². The van der Waals surface area contributed by atoms with Crippen molar-refractivity contribution in [3.63, 3.8) is 0 Å². The standard InChI is InChI=1S/C58H37N5/c1-3-15-44(16-4-1)55-61-57(45-17-5-2-6-18-45)63-54(50-21-11-12-22-51(50)58(63)62-55)43-31-25-41(26-32-43)40-23-29-42(30-24-40)52-37-53(48-33-27-38-13-7-9-19-46(38)35-48)60-56(59-52)49-34-28-39-14-8-10-20-47(39)36-49/h1-37H. The van der Waals surface area contributed by atoms with E-state index in [-0.39, 0.29) is 0 Å². The lowest BCUT2D eigenvalue weighted by atomic mass is 9.99. The Morgan fingerprint density at radius 3 is 1.38 bits per heavy atom. The molecule has 0 N–H and O–H groups in total. The summed E-state index contributed by atoms with van der Waals surface area (Å²) in [6, 6.07) is 78.7. The Hall–Kier alpha value is -8.54. The van der Waals surface area contributed by atoms with Crippen molar-refractivity contribution in [2.24, 2.45) is 0 Å². The maximum atomic E-state index is 5.23. The molecule has 0 spiro atoms. The van der Waals surface area contributed by atoms with Crippen LogP contribution in [0.2, 0.25) is 0 Å². The second kappa shape index (κ2) is 15.2. The first kappa shape index (κ1) is 36.3. The van der Waals surface area contributed by atoms with Crippen molar-refractivity contribution in [3.05, 3.63) is 224 Å². The lowest BCUT2D eigenvalue weighted by Crippen LogP contribution is -2.03. The zero-order valence-electron chi connectivity index (χ0n) is 34.1. The van der Waals surface area contributed by atoms with Crippen LogP contribution in [0.15, 0.2) is 224 Å². The lowest BCUT2D eigenvalue weighted by molar-refractivity contribution is 1.05. The van der Waals surface area contributed by atoms with Crippen LogP contribution in [0.3, 0.4) is 0 Å². The van der Waals surface area contributed by atoms with E-state index in [9.17, 15) is 0 Å². The quantitative estimate of drug-likeness (QED) is 0.161. The first-order valence-corrected chi connectivity index (χ1v) is 21.2. The van der Waals surface area contributed by atoms with Gasteiger partial charge in [-0.3, -0.25) is 4.40 Å². The van der Waals surface area contributed by atoms with Crippen LogP contribution in [-0.2, 0) is 0 Å². The summed E-state index contributed by atoms with van der Waals surface area (Å²) in [5, 5.41) is 6.94. The molecule has 12 rings (SSSR count). The first-order chi connectivity index (χ1) is 31.2. The van der Waals surface area contributed by atoms with Crippen LogP contribution < -0.4 is 0 Å². The number of benzene rings is 9. The van der Waals surface area contributed by atoms with Gasteiger partial charge in [0, 0.05) is 38.6 Å². The molecule has 3 aromatic heterocycles. The van der Waals surface area contributed by atoms with Crippen molar-refractivity contribution in [1.29, 1.82) is 0 Å². The lowest BCUT2D eigenvalue weighted by Gasteiger charge is -2.13. The highest BCUT2D eigenvalue weighted by Crippen LogP contribution is 2.39. The number of aromatic nitrogens is 5. The van der Waals surface area contributed by atoms with E-state index in [4.69, 9.17) is 19.9 Å². The van der Waals surface area contributed by atoms with Gasteiger partial charge in [0.1, 0.15) is 11.5 Å². The van der Waals surface area contributed by atoms with Crippen molar-refractivity contribution in [3.8, 4) is 79.1 Å². The summed E-state index contributed by atoms with van der Waals surface area (Å²) in [5.41, 5.74) is 12.1. The van der Waals surface area contributed by atoms with E-state index < -0.39 is 0 Å². The molecule has 0 unspecified atom stereocenters. The molecule has 0 aliphatic heterocycles. The van der Waals surface area contributed by atoms with Crippen LogP contribution in [0.5, 0.6) is 0 Å². The van der Waals surface area contributed by atoms with Crippen LogP contribution in [0, 0.1) is 0 Å². The van der Waals surface area contributed by atoms with E-state index in [1.54, 1.807) is 0 Å². The molecule has 3 heterocycles. The summed E-state index contributed by atoms with van der Waals surface area (Å²) >= 11 is 0. The highest BCUT2D eigenvalue weighted by molar-refractivity contribution is 6.06. The number of hydrogen-bond donors (Lipinski definition) is 0. The minimum Gasteiger partial charge on any atom is -0.277 e. The molecule has 0 aliphatic rings. The summed E-state index contributed by atoms with van der Waals surface area (Å²) < 4.78 is 2.23. The number of rotatable bonds is 7. The molecule has 0 saturated carbocycles. The Bertz CT molecular complexity index is 3550. The summed E-state index contributed by atoms with van der Waals surface area (Å²) in [4.78, 5) is 20.8. The van der Waals surface area contributed by atoms with Crippen LogP contribution >= 0.6 is 0 Å². The zero-order chi connectivity index (χ0) is 41.7. The molecule has 9 aromatic carbocycles. The van der Waals surface area contributed by atoms with Crippen molar-refractivity contribution in [2.45, 2.75) is 0 Å². The fourth-order valence-corrected chi connectivity index (χ4v) is 8.81. The van der Waals surface area contributed by atoms with Gasteiger partial charge >= 0.3 is 0 Å². The second-order valence-electron chi connectivity index (χ2n) is 15.9. The molecule has 0 bridgehead atoms. The van der Waals surface area contributed by atoms with Gasteiger partial charge in [-0.15, -0.1) is 0 Å². The Kier molecular flexibility index (Phi) is 8.75. The van der Waals surface area contributed by atoms with Crippen molar-refractivity contribution in [2.75, 3.05) is 0 Å². The molecular weight excluding hydrogens is 767 g/mol. The average Bonchev–Trinajstić information content (AvgIpc) is 3.70. The highest BCUT2D eigenvalue weighted by Gasteiger charge is 2.21. The van der Waals surface area contributed by atoms with Crippen molar-refractivity contribution in [1.82, 2.24) is 24.3 Å². The zero-order valence-corrected chi connectivity index (χ0v) is 34.1. The minimum absolute atomic E-state index is 0.698. The van der Waals surface area contributed by atoms with E-state index >= 15 is 0 Å². The Morgan fingerprint density at radius 2 is 0.730 bits per heavy atom. The average molecular weight is 804 g/mol. The molecule has 0 aliphatic carbocycles. The molecule has 63 heavy (non-hydrogen) atoms. The van der Waals surface area contributed by atoms with Gasteiger partial charge in [0.25, 0.3) is 0 Å². The Labute approximate surface area is 364 Å². The Balaban J connectivity index is 0.933. The topological polar surface area (TPSA) is 56.0 Å². The molecule has 0 radical (unpaired) electrons. The van der Waals surface area contributed by atoms with Crippen LogP contribution in [0.1, 0.15) is 0 Å². The van der Waals surface area contributed by atoms with Gasteiger partial charge in [0.2, 0.25) is 0 Å². The molecule has 0 atom stereocenters. The predicted molar refractivity (Wildman–Crippen MR) is 259 cm³/mol. The maximum Gasteiger partial charge on any atom is 0.163 e. The second-order valence-corrected chi connectivity index (χ2v) is 15.9. The number of nitrogens with zero attached hydrogens (tertiary/aromatic N) is 5. The van der Waals surface area contributed by atoms with Crippen LogP contribution in [0.25, 0.3) is 117 Å². The number of hydrogen-bond acceptors (Lipinski definition) is 4. The van der Waals surface area contributed by atoms with Gasteiger partial charge in [0.05, 0.1) is 17.1 Å². The van der Waals surface area contributed by atoms with E-state index in [1.807, 2.05) is 24.3 Å². The highest BCUT2D eigenvalue weighted by atomic mass is 15.1. The maximum absolute atomic E-state index is 5.23. The van der Waals surface area contributed by atoms with Crippen LogP contribution in [0.4, 0.5) is 0 Å². The molecule has 5 nitrogen and oxygen atoms in total. The smallest absolute Gasteiger partial charge is 0.163 e. The van der Waals surface area contributed by atoms with Gasteiger partial charge in [-0.05, 0) is 56.4 Å². The minimum atomic E-state index is 0.698. The van der Waals surface area contributed by atoms with E-state index in [0.717, 1.165) is 89.2 Å². The number of fused-ring (bicyclic) bond motifs is 5. The summed E-state index contributed by atoms with van der Waals surface area (Å²) in [5.74, 6) is 2.25. The fourth-order valence-electron chi connectivity index (χ4n) is 8.81. The summed E-state index contributed by atoms with van der Waals surface area (Å²) in [6.07, 6.45) is 0. The van der Waals surface area contributed by atoms with Crippen LogP contribution in [-0.4, -0.2) is 24.3 Å². The summed E-state index contributed by atoms with van der Waals surface area (Å²) in [6.45, 7) is 0.